The van der Waals surface area contributed by atoms with E-state index in [0.29, 0.717) is 24.2 Å². The maximum atomic E-state index is 13.2. The molecule has 1 aromatic heterocycles. The predicted molar refractivity (Wildman–Crippen MR) is 103 cm³/mol. The van der Waals surface area contributed by atoms with Gasteiger partial charge in [0.1, 0.15) is 6.04 Å². The van der Waals surface area contributed by atoms with Crippen LogP contribution in [0.1, 0.15) is 43.1 Å². The number of hydrogen-bond acceptors (Lipinski definition) is 3. The summed E-state index contributed by atoms with van der Waals surface area (Å²) < 4.78 is 41.1. The first-order valence-corrected chi connectivity index (χ1v) is 9.14. The second-order valence-corrected chi connectivity index (χ2v) is 6.76. The summed E-state index contributed by atoms with van der Waals surface area (Å²) in [5.74, 6) is -0.653. The quantitative estimate of drug-likeness (QED) is 0.648. The number of halogens is 3. The van der Waals surface area contributed by atoms with Crippen molar-refractivity contribution < 1.29 is 22.8 Å². The summed E-state index contributed by atoms with van der Waals surface area (Å²) in [6.07, 6.45) is -2.88. The van der Waals surface area contributed by atoms with Gasteiger partial charge in [-0.15, -0.1) is 0 Å². The van der Waals surface area contributed by atoms with Gasteiger partial charge in [-0.1, -0.05) is 19.8 Å². The lowest BCUT2D eigenvalue weighted by molar-refractivity contribution is -0.137. The Morgan fingerprint density at radius 2 is 1.93 bits per heavy atom. The standard InChI is InChI=1S/C19H24F3N5O2/c1-4-5-6-14(25-18(23)29)17(28)24-15-10-13(19(20,21)22)7-8-16(15)27-12(3)9-11(2)26-27/h7-10,14H,4-6H2,1-3H3,(H,24,28)(H3,23,25,29). The molecule has 0 aliphatic rings. The number of amides is 3. The number of benzene rings is 1. The normalized spacial score (nSPS) is 12.5. The fraction of sp³-hybridized carbons (Fsp3) is 0.421. The van der Waals surface area contributed by atoms with Crippen LogP contribution in [0.5, 0.6) is 0 Å². The number of aromatic nitrogens is 2. The van der Waals surface area contributed by atoms with Gasteiger partial charge in [0, 0.05) is 5.69 Å². The number of carbonyl (C=O) groups excluding carboxylic acids is 2. The Hall–Kier alpha value is -3.04. The van der Waals surface area contributed by atoms with Gasteiger partial charge >= 0.3 is 12.2 Å². The van der Waals surface area contributed by atoms with Crippen LogP contribution in [0.15, 0.2) is 24.3 Å². The lowest BCUT2D eigenvalue weighted by Gasteiger charge is -2.20. The Morgan fingerprint density at radius 3 is 2.45 bits per heavy atom. The van der Waals surface area contributed by atoms with Gasteiger partial charge in [-0.05, 0) is 44.5 Å². The zero-order valence-electron chi connectivity index (χ0n) is 16.4. The van der Waals surface area contributed by atoms with Gasteiger partial charge in [-0.3, -0.25) is 4.79 Å². The highest BCUT2D eigenvalue weighted by Gasteiger charge is 2.32. The Kier molecular flexibility index (Phi) is 6.89. The number of primary amides is 1. The first-order valence-electron chi connectivity index (χ1n) is 9.14. The molecule has 0 bridgehead atoms. The number of anilines is 1. The number of nitrogens with two attached hydrogens (primary N) is 1. The van der Waals surface area contributed by atoms with Crippen LogP contribution in [0.3, 0.4) is 0 Å². The van der Waals surface area contributed by atoms with Crippen LogP contribution in [-0.2, 0) is 11.0 Å². The van der Waals surface area contributed by atoms with Crippen LogP contribution in [0, 0.1) is 13.8 Å². The smallest absolute Gasteiger partial charge is 0.352 e. The van der Waals surface area contributed by atoms with E-state index in [1.54, 1.807) is 19.9 Å². The Labute approximate surface area is 166 Å². The average Bonchev–Trinajstić information content (AvgIpc) is 2.95. The molecule has 0 fully saturated rings. The fourth-order valence-corrected chi connectivity index (χ4v) is 2.94. The first-order chi connectivity index (χ1) is 13.5. The van der Waals surface area contributed by atoms with Crippen LogP contribution >= 0.6 is 0 Å². The van der Waals surface area contributed by atoms with Crippen molar-refractivity contribution >= 4 is 17.6 Å². The molecule has 158 valence electrons. The Morgan fingerprint density at radius 1 is 1.24 bits per heavy atom. The number of rotatable bonds is 7. The second kappa shape index (κ2) is 8.97. The molecule has 1 unspecified atom stereocenters. The van der Waals surface area contributed by atoms with E-state index in [1.807, 2.05) is 6.92 Å². The molecule has 1 atom stereocenters. The molecule has 4 N–H and O–H groups in total. The van der Waals surface area contributed by atoms with Gasteiger partial charge in [0.15, 0.2) is 0 Å². The minimum atomic E-state index is -4.58. The molecule has 0 aliphatic carbocycles. The summed E-state index contributed by atoms with van der Waals surface area (Å²) in [6.45, 7) is 5.42. The Bertz CT molecular complexity index is 892. The molecule has 1 aromatic carbocycles. The number of carbonyl (C=O) groups is 2. The van der Waals surface area contributed by atoms with E-state index in [4.69, 9.17) is 5.73 Å². The van der Waals surface area contributed by atoms with Gasteiger partial charge in [0.2, 0.25) is 5.91 Å². The summed E-state index contributed by atoms with van der Waals surface area (Å²) >= 11 is 0. The van der Waals surface area contributed by atoms with Gasteiger partial charge in [-0.2, -0.15) is 18.3 Å². The molecular weight excluding hydrogens is 387 g/mol. The van der Waals surface area contributed by atoms with E-state index >= 15 is 0 Å². The summed E-state index contributed by atoms with van der Waals surface area (Å²) in [7, 11) is 0. The van der Waals surface area contributed by atoms with Crippen LogP contribution in [0.4, 0.5) is 23.7 Å². The third-order valence-electron chi connectivity index (χ3n) is 4.30. The lowest BCUT2D eigenvalue weighted by atomic mass is 10.1. The van der Waals surface area contributed by atoms with Crippen LogP contribution in [0.25, 0.3) is 5.69 Å². The number of nitrogens with one attached hydrogen (secondary N) is 2. The largest absolute Gasteiger partial charge is 0.416 e. The van der Waals surface area contributed by atoms with E-state index in [1.165, 1.54) is 10.7 Å². The number of unbranched alkanes of at least 4 members (excludes halogenated alkanes) is 1. The SMILES string of the molecule is CCCCC(NC(N)=O)C(=O)Nc1cc(C(F)(F)F)ccc1-n1nc(C)cc1C. The third-order valence-corrected chi connectivity index (χ3v) is 4.30. The molecule has 0 saturated heterocycles. The van der Waals surface area contributed by atoms with Gasteiger partial charge in [0.25, 0.3) is 0 Å². The van der Waals surface area contributed by atoms with Crippen molar-refractivity contribution in [3.8, 4) is 5.69 Å². The number of alkyl halides is 3. The van der Waals surface area contributed by atoms with Gasteiger partial charge < -0.3 is 16.4 Å². The van der Waals surface area contributed by atoms with Gasteiger partial charge in [-0.25, -0.2) is 9.48 Å². The summed E-state index contributed by atoms with van der Waals surface area (Å²) in [5.41, 5.74) is 5.80. The molecule has 0 saturated carbocycles. The molecule has 7 nitrogen and oxygen atoms in total. The molecule has 10 heteroatoms. The zero-order chi connectivity index (χ0) is 21.8. The van der Waals surface area contributed by atoms with Gasteiger partial charge in [0.05, 0.1) is 22.6 Å². The maximum absolute atomic E-state index is 13.2. The van der Waals surface area contributed by atoms with Crippen molar-refractivity contribution in [3.63, 3.8) is 0 Å². The minimum Gasteiger partial charge on any atom is -0.352 e. The van der Waals surface area contributed by atoms with Crippen molar-refractivity contribution in [1.29, 1.82) is 0 Å². The molecule has 1 heterocycles. The summed E-state index contributed by atoms with van der Waals surface area (Å²) in [5, 5.41) is 9.12. The van der Waals surface area contributed by atoms with E-state index in [9.17, 15) is 22.8 Å². The second-order valence-electron chi connectivity index (χ2n) is 6.76. The monoisotopic (exact) mass is 411 g/mol. The molecule has 2 aromatic rings. The number of hydrogen-bond donors (Lipinski definition) is 3. The Balaban J connectivity index is 2.45. The highest BCUT2D eigenvalue weighted by Crippen LogP contribution is 2.33. The molecule has 0 radical (unpaired) electrons. The predicted octanol–water partition coefficient (Wildman–Crippen LogP) is 3.67. The molecule has 29 heavy (non-hydrogen) atoms. The number of aryl methyl sites for hydroxylation is 2. The van der Waals surface area contributed by atoms with E-state index < -0.39 is 29.7 Å². The first kappa shape index (κ1) is 22.3. The van der Waals surface area contributed by atoms with Crippen LogP contribution in [-0.4, -0.2) is 27.8 Å². The lowest BCUT2D eigenvalue weighted by Crippen LogP contribution is -2.46. The van der Waals surface area contributed by atoms with Crippen molar-refractivity contribution in [2.45, 2.75) is 52.3 Å². The van der Waals surface area contributed by atoms with Crippen LogP contribution in [0.2, 0.25) is 0 Å². The zero-order valence-corrected chi connectivity index (χ0v) is 16.4. The van der Waals surface area contributed by atoms with Crippen molar-refractivity contribution in [2.24, 2.45) is 5.73 Å². The summed E-state index contributed by atoms with van der Waals surface area (Å²) in [4.78, 5) is 23.9. The fourth-order valence-electron chi connectivity index (χ4n) is 2.94. The third kappa shape index (κ3) is 5.72. The van der Waals surface area contributed by atoms with E-state index in [-0.39, 0.29) is 11.4 Å². The average molecular weight is 411 g/mol. The van der Waals surface area contributed by atoms with Crippen LogP contribution < -0.4 is 16.4 Å². The maximum Gasteiger partial charge on any atom is 0.416 e. The minimum absolute atomic E-state index is 0.0659. The highest BCUT2D eigenvalue weighted by molar-refractivity contribution is 5.98. The molecule has 3 amide bonds. The van der Waals surface area contributed by atoms with Crippen molar-refractivity contribution in [3.05, 3.63) is 41.2 Å². The van der Waals surface area contributed by atoms with E-state index in [2.05, 4.69) is 15.7 Å². The summed E-state index contributed by atoms with van der Waals surface area (Å²) in [6, 6.07) is 2.95. The molecule has 2 rings (SSSR count). The molecule has 0 aliphatic heterocycles. The molecule has 0 spiro atoms. The molecular formula is C19H24F3N5O2. The van der Waals surface area contributed by atoms with Crippen molar-refractivity contribution in [2.75, 3.05) is 5.32 Å². The number of nitrogens with zero attached hydrogens (tertiary/aromatic N) is 2. The van der Waals surface area contributed by atoms with Crippen molar-refractivity contribution in [1.82, 2.24) is 15.1 Å². The highest BCUT2D eigenvalue weighted by atomic mass is 19.4. The topological polar surface area (TPSA) is 102 Å². The number of urea groups is 1. The van der Waals surface area contributed by atoms with E-state index in [0.717, 1.165) is 18.6 Å².